The van der Waals surface area contributed by atoms with Gasteiger partial charge in [0, 0.05) is 5.56 Å². The Morgan fingerprint density at radius 2 is 1.35 bits per heavy atom. The molecule has 0 saturated heterocycles. The highest BCUT2D eigenvalue weighted by molar-refractivity contribution is 5.79. The van der Waals surface area contributed by atoms with E-state index in [1.807, 2.05) is 72.7 Å². The van der Waals surface area contributed by atoms with Crippen molar-refractivity contribution in [2.24, 2.45) is 5.10 Å². The van der Waals surface area contributed by atoms with Crippen molar-refractivity contribution in [3.8, 4) is 0 Å². The van der Waals surface area contributed by atoms with Crippen LogP contribution >= 0.6 is 0 Å². The molecule has 0 bridgehead atoms. The molecule has 2 heteroatoms. The van der Waals surface area contributed by atoms with Gasteiger partial charge in [0.15, 0.2) is 7.05 Å². The highest BCUT2D eigenvalue weighted by Gasteiger charge is 1.94. The van der Waals surface area contributed by atoms with Gasteiger partial charge in [-0.1, -0.05) is 53.2 Å². The monoisotopic (exact) mass is 223 g/mol. The molecule has 0 fully saturated rings. The second-order valence-electron chi connectivity index (χ2n) is 3.77. The SMILES string of the molecule is C[N+](=C/c1ccccc1)/N=C/c1ccccc1. The number of benzene rings is 2. The lowest BCUT2D eigenvalue weighted by atomic mass is 10.2. The first-order chi connectivity index (χ1) is 8.34. The minimum Gasteiger partial charge on any atom is -0.0934 e. The summed E-state index contributed by atoms with van der Waals surface area (Å²) in [6.07, 6.45) is 3.83. The summed E-state index contributed by atoms with van der Waals surface area (Å²) in [5.41, 5.74) is 2.24. The zero-order valence-electron chi connectivity index (χ0n) is 9.82. The van der Waals surface area contributed by atoms with Crippen molar-refractivity contribution in [1.82, 2.24) is 0 Å². The average molecular weight is 223 g/mol. The van der Waals surface area contributed by atoms with Crippen molar-refractivity contribution in [3.63, 3.8) is 0 Å². The van der Waals surface area contributed by atoms with Crippen LogP contribution < -0.4 is 0 Å². The quantitative estimate of drug-likeness (QED) is 0.432. The summed E-state index contributed by atoms with van der Waals surface area (Å²) in [5.74, 6) is 0. The van der Waals surface area contributed by atoms with Crippen LogP contribution in [0, 0.1) is 0 Å². The van der Waals surface area contributed by atoms with Crippen molar-refractivity contribution in [2.45, 2.75) is 0 Å². The molecule has 0 aromatic heterocycles. The Kier molecular flexibility index (Phi) is 3.81. The van der Waals surface area contributed by atoms with Gasteiger partial charge in [0.1, 0.15) is 6.21 Å². The number of hydrogen-bond acceptors (Lipinski definition) is 1. The Bertz CT molecular complexity index is 513. The molecular formula is C15H15N2+. The molecule has 0 spiro atoms. The average Bonchev–Trinajstić information content (AvgIpc) is 2.39. The molecule has 2 aromatic carbocycles. The van der Waals surface area contributed by atoms with Gasteiger partial charge in [-0.05, 0) is 22.8 Å². The smallest absolute Gasteiger partial charge is 0.0934 e. The molecule has 0 saturated carbocycles. The second kappa shape index (κ2) is 5.75. The Morgan fingerprint density at radius 1 is 0.824 bits per heavy atom. The highest BCUT2D eigenvalue weighted by atomic mass is 15.3. The van der Waals surface area contributed by atoms with E-state index in [1.54, 1.807) is 0 Å². The lowest BCUT2D eigenvalue weighted by Crippen LogP contribution is -2.00. The molecule has 0 aliphatic heterocycles. The summed E-state index contributed by atoms with van der Waals surface area (Å²) < 4.78 is 1.81. The summed E-state index contributed by atoms with van der Waals surface area (Å²) in [4.78, 5) is 0. The third-order valence-electron chi connectivity index (χ3n) is 2.32. The molecule has 0 unspecified atom stereocenters. The highest BCUT2D eigenvalue weighted by Crippen LogP contribution is 1.95. The van der Waals surface area contributed by atoms with Gasteiger partial charge in [0.25, 0.3) is 0 Å². The minimum atomic E-state index is 1.10. The zero-order valence-corrected chi connectivity index (χ0v) is 9.82. The number of hydrazone groups is 1. The van der Waals surface area contributed by atoms with Crippen LogP contribution in [0.1, 0.15) is 11.1 Å². The van der Waals surface area contributed by atoms with E-state index in [2.05, 4.69) is 17.2 Å². The summed E-state index contributed by atoms with van der Waals surface area (Å²) in [7, 11) is 1.92. The fourth-order valence-electron chi connectivity index (χ4n) is 1.49. The van der Waals surface area contributed by atoms with Gasteiger partial charge in [-0.3, -0.25) is 0 Å². The van der Waals surface area contributed by atoms with E-state index in [9.17, 15) is 0 Å². The summed E-state index contributed by atoms with van der Waals surface area (Å²) >= 11 is 0. The van der Waals surface area contributed by atoms with E-state index in [-0.39, 0.29) is 0 Å². The van der Waals surface area contributed by atoms with Gasteiger partial charge in [-0.15, -0.1) is 0 Å². The Balaban J connectivity index is 2.09. The molecule has 0 atom stereocenters. The van der Waals surface area contributed by atoms with Crippen molar-refractivity contribution >= 4 is 12.4 Å². The van der Waals surface area contributed by atoms with Gasteiger partial charge in [-0.2, -0.15) is 0 Å². The summed E-state index contributed by atoms with van der Waals surface area (Å²) in [5, 5.41) is 4.34. The topological polar surface area (TPSA) is 15.4 Å². The molecule has 84 valence electrons. The largest absolute Gasteiger partial charge is 0.203 e. The second-order valence-corrected chi connectivity index (χ2v) is 3.77. The van der Waals surface area contributed by atoms with E-state index >= 15 is 0 Å². The van der Waals surface area contributed by atoms with Gasteiger partial charge >= 0.3 is 0 Å². The van der Waals surface area contributed by atoms with E-state index < -0.39 is 0 Å². The van der Waals surface area contributed by atoms with Crippen molar-refractivity contribution in [2.75, 3.05) is 7.05 Å². The third-order valence-corrected chi connectivity index (χ3v) is 2.32. The normalized spacial score (nSPS) is 11.9. The molecule has 2 rings (SSSR count). The van der Waals surface area contributed by atoms with Gasteiger partial charge in [0.2, 0.25) is 6.21 Å². The van der Waals surface area contributed by atoms with E-state index in [1.165, 1.54) is 0 Å². The van der Waals surface area contributed by atoms with Crippen LogP contribution in [0.3, 0.4) is 0 Å². The maximum Gasteiger partial charge on any atom is 0.203 e. The number of nitrogens with zero attached hydrogens (tertiary/aromatic N) is 2. The molecule has 2 nitrogen and oxygen atoms in total. The summed E-state index contributed by atoms with van der Waals surface area (Å²) in [6.45, 7) is 0. The third kappa shape index (κ3) is 3.68. The van der Waals surface area contributed by atoms with E-state index in [0.717, 1.165) is 11.1 Å². The van der Waals surface area contributed by atoms with Crippen LogP contribution in [0.2, 0.25) is 0 Å². The Morgan fingerprint density at radius 3 is 1.94 bits per heavy atom. The Hall–Kier alpha value is -2.22. The first kappa shape index (κ1) is 11.3. The molecule has 0 radical (unpaired) electrons. The fraction of sp³-hybridized carbons (Fsp3) is 0.0667. The summed E-state index contributed by atoms with van der Waals surface area (Å²) in [6, 6.07) is 20.2. The van der Waals surface area contributed by atoms with Gasteiger partial charge in [0.05, 0.1) is 0 Å². The molecule has 0 amide bonds. The molecule has 17 heavy (non-hydrogen) atoms. The zero-order chi connectivity index (χ0) is 11.9. The molecule has 0 aliphatic carbocycles. The van der Waals surface area contributed by atoms with Crippen molar-refractivity contribution < 1.29 is 4.68 Å². The maximum atomic E-state index is 4.34. The van der Waals surface area contributed by atoms with Crippen LogP contribution in [0.4, 0.5) is 0 Å². The lowest BCUT2D eigenvalue weighted by molar-refractivity contribution is -0.496. The Labute approximate surface area is 102 Å². The van der Waals surface area contributed by atoms with Crippen LogP contribution in [0.15, 0.2) is 65.8 Å². The molecule has 0 heterocycles. The predicted molar refractivity (Wildman–Crippen MR) is 71.8 cm³/mol. The maximum absolute atomic E-state index is 4.34. The first-order valence-corrected chi connectivity index (χ1v) is 5.56. The lowest BCUT2D eigenvalue weighted by Gasteiger charge is -1.90. The van der Waals surface area contributed by atoms with Crippen molar-refractivity contribution in [1.29, 1.82) is 0 Å². The number of hydrogen-bond donors (Lipinski definition) is 0. The molecule has 0 N–H and O–H groups in total. The van der Waals surface area contributed by atoms with Gasteiger partial charge in [-0.25, -0.2) is 0 Å². The molecule has 0 aliphatic rings. The van der Waals surface area contributed by atoms with Crippen LogP contribution in [0.25, 0.3) is 0 Å². The fourth-order valence-corrected chi connectivity index (χ4v) is 1.49. The molecular weight excluding hydrogens is 208 g/mol. The van der Waals surface area contributed by atoms with Crippen LogP contribution in [0.5, 0.6) is 0 Å². The van der Waals surface area contributed by atoms with E-state index in [0.29, 0.717) is 0 Å². The number of rotatable bonds is 3. The predicted octanol–water partition coefficient (Wildman–Crippen LogP) is 2.78. The van der Waals surface area contributed by atoms with Gasteiger partial charge < -0.3 is 0 Å². The van der Waals surface area contributed by atoms with Crippen LogP contribution in [-0.4, -0.2) is 24.2 Å². The van der Waals surface area contributed by atoms with Crippen LogP contribution in [-0.2, 0) is 0 Å². The van der Waals surface area contributed by atoms with Crippen molar-refractivity contribution in [3.05, 3.63) is 71.8 Å². The first-order valence-electron chi connectivity index (χ1n) is 5.56. The standard InChI is InChI=1S/C15H15N2/c1-17(13-15-10-6-3-7-11-15)16-12-14-8-4-2-5-9-14/h2-13H,1H3/q+1/b16-12+,17-13-. The minimum absolute atomic E-state index is 1.10. The molecule has 2 aromatic rings. The van der Waals surface area contributed by atoms with E-state index in [4.69, 9.17) is 0 Å².